The lowest BCUT2D eigenvalue weighted by atomic mass is 10.1. The van der Waals surface area contributed by atoms with Crippen LogP contribution in [-0.2, 0) is 6.54 Å². The first kappa shape index (κ1) is 14.1. The van der Waals surface area contributed by atoms with Crippen molar-refractivity contribution in [3.05, 3.63) is 47.3 Å². The van der Waals surface area contributed by atoms with Crippen LogP contribution in [0.15, 0.2) is 46.7 Å². The van der Waals surface area contributed by atoms with E-state index < -0.39 is 0 Å². The molecule has 0 radical (unpaired) electrons. The van der Waals surface area contributed by atoms with E-state index in [1.54, 1.807) is 0 Å². The van der Waals surface area contributed by atoms with E-state index >= 15 is 0 Å². The molecule has 2 rings (SSSR count). The number of halogens is 1. The van der Waals surface area contributed by atoms with Crippen LogP contribution in [0, 0.1) is 0 Å². The number of benzene rings is 1. The van der Waals surface area contributed by atoms with Crippen LogP contribution in [0.2, 0.25) is 0 Å². The Balaban J connectivity index is 2.08. The van der Waals surface area contributed by atoms with Crippen LogP contribution < -0.4 is 0 Å². The molecule has 0 aliphatic carbocycles. The van der Waals surface area contributed by atoms with Gasteiger partial charge in [-0.15, -0.1) is 0 Å². The summed E-state index contributed by atoms with van der Waals surface area (Å²) in [4.78, 5) is 8.86. The summed E-state index contributed by atoms with van der Waals surface area (Å²) >= 11 is 5.65. The number of hydrogen-bond acceptors (Lipinski definition) is 3. The maximum absolute atomic E-state index is 5.65. The largest absolute Gasteiger partial charge is 0.379 e. The topological polar surface area (TPSA) is 18.8 Å². The van der Waals surface area contributed by atoms with Crippen LogP contribution in [0.1, 0.15) is 12.0 Å². The summed E-state index contributed by atoms with van der Waals surface area (Å²) in [6, 6.07) is 10.5. The quantitative estimate of drug-likeness (QED) is 0.788. The van der Waals surface area contributed by atoms with Crippen LogP contribution in [0.25, 0.3) is 0 Å². The van der Waals surface area contributed by atoms with Gasteiger partial charge >= 0.3 is 0 Å². The molecule has 1 aliphatic heterocycles. The average molecular weight is 278 g/mol. The predicted octanol–water partition coefficient (Wildman–Crippen LogP) is 2.93. The zero-order chi connectivity index (χ0) is 13.7. The van der Waals surface area contributed by atoms with Crippen molar-refractivity contribution in [2.75, 3.05) is 27.2 Å². The van der Waals surface area contributed by atoms with E-state index in [0.29, 0.717) is 0 Å². The molecule has 0 saturated heterocycles. The fraction of sp³-hybridized carbons (Fsp3) is 0.400. The number of aliphatic imine (C=N–C) groups is 1. The Kier molecular flexibility index (Phi) is 5.00. The molecule has 0 atom stereocenters. The second-order valence-electron chi connectivity index (χ2n) is 4.96. The lowest BCUT2D eigenvalue weighted by Crippen LogP contribution is -2.34. The van der Waals surface area contributed by atoms with Gasteiger partial charge in [-0.2, -0.15) is 0 Å². The van der Waals surface area contributed by atoms with Gasteiger partial charge in [-0.1, -0.05) is 41.9 Å². The highest BCUT2D eigenvalue weighted by Crippen LogP contribution is 2.22. The first-order valence-corrected chi connectivity index (χ1v) is 6.92. The van der Waals surface area contributed by atoms with Crippen molar-refractivity contribution in [2.45, 2.75) is 13.0 Å². The van der Waals surface area contributed by atoms with Gasteiger partial charge < -0.3 is 4.90 Å². The Morgan fingerprint density at radius 3 is 2.68 bits per heavy atom. The van der Waals surface area contributed by atoms with Gasteiger partial charge in [-0.05, 0) is 5.56 Å². The van der Waals surface area contributed by atoms with Crippen LogP contribution in [0.3, 0.4) is 0 Å². The molecule has 4 heteroatoms. The molecule has 1 aliphatic rings. The van der Waals surface area contributed by atoms with Gasteiger partial charge in [0.2, 0.25) is 0 Å². The summed E-state index contributed by atoms with van der Waals surface area (Å²) in [6.45, 7) is 2.87. The number of hydrogen-bond donors (Lipinski definition) is 0. The maximum Gasteiger partial charge on any atom is 0.0931 e. The van der Waals surface area contributed by atoms with Crippen molar-refractivity contribution < 1.29 is 0 Å². The van der Waals surface area contributed by atoms with Gasteiger partial charge in [-0.25, -0.2) is 4.99 Å². The van der Waals surface area contributed by atoms with Crippen LogP contribution in [-0.4, -0.2) is 42.7 Å². The smallest absolute Gasteiger partial charge is 0.0931 e. The maximum atomic E-state index is 5.65. The van der Waals surface area contributed by atoms with E-state index in [9.17, 15) is 0 Å². The van der Waals surface area contributed by atoms with Gasteiger partial charge in [0.15, 0.2) is 0 Å². The van der Waals surface area contributed by atoms with Gasteiger partial charge in [0.05, 0.1) is 11.4 Å². The molecule has 0 amide bonds. The van der Waals surface area contributed by atoms with Gasteiger partial charge in [0.25, 0.3) is 0 Å². The molecule has 0 N–H and O–H groups in total. The Morgan fingerprint density at radius 2 is 2.05 bits per heavy atom. The Hall–Kier alpha value is -1.32. The summed E-state index contributed by atoms with van der Waals surface area (Å²) in [5.74, 6) is 0. The molecule has 1 aromatic carbocycles. The predicted molar refractivity (Wildman–Crippen MR) is 81.4 cm³/mol. The third-order valence-corrected chi connectivity index (χ3v) is 3.46. The summed E-state index contributed by atoms with van der Waals surface area (Å²) in [5.41, 5.74) is 5.05. The number of rotatable bonds is 4. The molecular weight excluding hydrogens is 258 g/mol. The highest BCUT2D eigenvalue weighted by atomic mass is 35.5. The standard InChI is InChI=1S/C15H20ClN3/c1-18(2)15-8-9-19(11-14(15)17-12-16)10-13-6-4-3-5-7-13/h3-7,12H,8-11H2,1-2H3. The fourth-order valence-corrected chi connectivity index (χ4v) is 2.54. The number of nitrogens with zero attached hydrogens (tertiary/aromatic N) is 3. The second kappa shape index (κ2) is 6.73. The SMILES string of the molecule is CN(C)C1=C(N=CCl)CN(Cc2ccccc2)CC1. The van der Waals surface area contributed by atoms with E-state index in [4.69, 9.17) is 11.6 Å². The minimum Gasteiger partial charge on any atom is -0.379 e. The average Bonchev–Trinajstić information content (AvgIpc) is 2.40. The first-order valence-electron chi connectivity index (χ1n) is 6.49. The van der Waals surface area contributed by atoms with E-state index in [-0.39, 0.29) is 0 Å². The van der Waals surface area contributed by atoms with E-state index in [0.717, 1.165) is 31.8 Å². The minimum absolute atomic E-state index is 0.853. The highest BCUT2D eigenvalue weighted by molar-refractivity contribution is 6.56. The summed E-state index contributed by atoms with van der Waals surface area (Å²) in [5, 5.41) is 0. The molecule has 0 bridgehead atoms. The second-order valence-corrected chi connectivity index (χ2v) is 5.16. The molecule has 1 aromatic rings. The molecule has 3 nitrogen and oxygen atoms in total. The summed E-state index contributed by atoms with van der Waals surface area (Å²) in [6.07, 6.45) is 1.02. The Morgan fingerprint density at radius 1 is 1.32 bits per heavy atom. The van der Waals surface area contributed by atoms with Crippen LogP contribution in [0.4, 0.5) is 0 Å². The first-order chi connectivity index (χ1) is 9.20. The molecule has 0 spiro atoms. The zero-order valence-corrected chi connectivity index (χ0v) is 12.3. The Bertz CT molecular complexity index is 466. The normalized spacial score (nSPS) is 17.2. The molecule has 0 aromatic heterocycles. The van der Waals surface area contributed by atoms with Crippen LogP contribution in [0.5, 0.6) is 0 Å². The van der Waals surface area contributed by atoms with Crippen molar-refractivity contribution in [3.63, 3.8) is 0 Å². The third-order valence-electron chi connectivity index (χ3n) is 3.36. The molecule has 19 heavy (non-hydrogen) atoms. The van der Waals surface area contributed by atoms with E-state index in [1.807, 2.05) is 6.07 Å². The fourth-order valence-electron chi connectivity index (χ4n) is 2.42. The van der Waals surface area contributed by atoms with Crippen molar-refractivity contribution in [1.29, 1.82) is 0 Å². The van der Waals surface area contributed by atoms with E-state index in [1.165, 1.54) is 16.9 Å². The molecule has 102 valence electrons. The monoisotopic (exact) mass is 277 g/mol. The minimum atomic E-state index is 0.853. The zero-order valence-electron chi connectivity index (χ0n) is 11.5. The van der Waals surface area contributed by atoms with Gasteiger partial charge in [-0.3, -0.25) is 4.90 Å². The van der Waals surface area contributed by atoms with Gasteiger partial charge in [0.1, 0.15) is 0 Å². The lowest BCUT2D eigenvalue weighted by molar-refractivity contribution is 0.258. The van der Waals surface area contributed by atoms with E-state index in [2.05, 4.69) is 53.2 Å². The highest BCUT2D eigenvalue weighted by Gasteiger charge is 2.19. The molecular formula is C15H20ClN3. The molecule has 0 saturated carbocycles. The van der Waals surface area contributed by atoms with Crippen LogP contribution >= 0.6 is 11.6 Å². The third kappa shape index (κ3) is 3.82. The summed E-state index contributed by atoms with van der Waals surface area (Å²) in [7, 11) is 4.12. The molecule has 1 heterocycles. The van der Waals surface area contributed by atoms with Crippen molar-refractivity contribution in [3.8, 4) is 0 Å². The lowest BCUT2D eigenvalue weighted by Gasteiger charge is -2.32. The molecule has 0 fully saturated rings. The van der Waals surface area contributed by atoms with Crippen molar-refractivity contribution >= 4 is 17.3 Å². The van der Waals surface area contributed by atoms with Crippen molar-refractivity contribution in [2.24, 2.45) is 4.99 Å². The Labute approximate surface area is 120 Å². The summed E-state index contributed by atoms with van der Waals surface area (Å²) < 4.78 is 0. The van der Waals surface area contributed by atoms with Crippen molar-refractivity contribution in [1.82, 2.24) is 9.80 Å². The van der Waals surface area contributed by atoms with Gasteiger partial charge in [0, 0.05) is 45.8 Å². The molecule has 0 unspecified atom stereocenters.